The number of piperidine rings is 2. The number of benzene rings is 3. The van der Waals surface area contributed by atoms with Crippen LogP contribution in [0.2, 0.25) is 0 Å². The summed E-state index contributed by atoms with van der Waals surface area (Å²) in [6.07, 6.45) is 8.55. The van der Waals surface area contributed by atoms with Crippen molar-refractivity contribution in [3.63, 3.8) is 0 Å². The van der Waals surface area contributed by atoms with Gasteiger partial charge in [-0.3, -0.25) is 19.2 Å². The molecule has 4 aliphatic rings. The Morgan fingerprint density at radius 2 is 1.57 bits per heavy atom. The minimum Gasteiger partial charge on any atom is -0.394 e. The number of anilines is 3. The van der Waals surface area contributed by atoms with E-state index in [4.69, 9.17) is 0 Å². The normalized spacial score (nSPS) is 22.8. The Morgan fingerprint density at radius 3 is 2.25 bits per heavy atom. The number of aliphatic hydroxyl groups excluding tert-OH is 1. The first-order valence-electron chi connectivity index (χ1n) is 18.2. The fourth-order valence-electron chi connectivity index (χ4n) is 8.09. The number of aliphatic hydroxyl groups is 2. The largest absolute Gasteiger partial charge is 0.394 e. The molecule has 0 aromatic heterocycles. The molecule has 3 aromatic carbocycles. The third kappa shape index (κ3) is 6.58. The Kier molecular flexibility index (Phi) is 9.81. The van der Waals surface area contributed by atoms with Crippen LogP contribution in [0.4, 0.5) is 17.1 Å². The van der Waals surface area contributed by atoms with Crippen molar-refractivity contribution < 1.29 is 29.4 Å². The fourth-order valence-corrected chi connectivity index (χ4v) is 8.09. The quantitative estimate of drug-likeness (QED) is 0.306. The zero-order valence-corrected chi connectivity index (χ0v) is 29.2. The second-order valence-electron chi connectivity index (χ2n) is 14.3. The summed E-state index contributed by atoms with van der Waals surface area (Å²) in [6.45, 7) is 3.45. The number of carbonyl (C=O) groups excluding carboxylic acids is 4. The van der Waals surface area contributed by atoms with Gasteiger partial charge in [-0.25, -0.2) is 0 Å². The van der Waals surface area contributed by atoms with Gasteiger partial charge >= 0.3 is 0 Å². The Labute approximate surface area is 299 Å². The molecule has 0 saturated carbocycles. The monoisotopic (exact) mass is 690 g/mol. The van der Waals surface area contributed by atoms with Crippen molar-refractivity contribution in [3.05, 3.63) is 101 Å². The molecule has 0 unspecified atom stereocenters. The van der Waals surface area contributed by atoms with Crippen LogP contribution >= 0.6 is 0 Å². The highest BCUT2D eigenvalue weighted by Crippen LogP contribution is 2.47. The highest BCUT2D eigenvalue weighted by atomic mass is 16.3. The minimum atomic E-state index is -1.96. The van der Waals surface area contributed by atoms with E-state index in [1.54, 1.807) is 44.7 Å². The van der Waals surface area contributed by atoms with E-state index in [0.29, 0.717) is 55.8 Å². The molecule has 2 fully saturated rings. The predicted molar refractivity (Wildman–Crippen MR) is 195 cm³/mol. The lowest BCUT2D eigenvalue weighted by Crippen LogP contribution is -2.46. The average Bonchev–Trinajstić information content (AvgIpc) is 3.36. The van der Waals surface area contributed by atoms with Gasteiger partial charge in [0.2, 0.25) is 17.7 Å². The van der Waals surface area contributed by atoms with Crippen LogP contribution in [0.3, 0.4) is 0 Å². The summed E-state index contributed by atoms with van der Waals surface area (Å²) in [5.74, 6) is -1.25. The van der Waals surface area contributed by atoms with Crippen molar-refractivity contribution in [2.45, 2.75) is 83.0 Å². The Morgan fingerprint density at radius 1 is 0.882 bits per heavy atom. The Bertz CT molecular complexity index is 1870. The van der Waals surface area contributed by atoms with Crippen LogP contribution in [0.25, 0.3) is 0 Å². The molecule has 0 aliphatic carbocycles. The summed E-state index contributed by atoms with van der Waals surface area (Å²) >= 11 is 0. The highest BCUT2D eigenvalue weighted by molar-refractivity contribution is 6.08. The highest BCUT2D eigenvalue weighted by Gasteiger charge is 2.53. The van der Waals surface area contributed by atoms with Gasteiger partial charge in [-0.05, 0) is 79.1 Å². The van der Waals surface area contributed by atoms with Gasteiger partial charge in [0, 0.05) is 61.8 Å². The summed E-state index contributed by atoms with van der Waals surface area (Å²) < 4.78 is 0. The molecule has 4 aliphatic heterocycles. The van der Waals surface area contributed by atoms with Gasteiger partial charge in [-0.15, -0.1) is 0 Å². The van der Waals surface area contributed by atoms with E-state index in [-0.39, 0.29) is 43.3 Å². The maximum Gasteiger partial charge on any atom is 0.264 e. The molecule has 0 radical (unpaired) electrons. The second-order valence-corrected chi connectivity index (χ2v) is 14.3. The smallest absolute Gasteiger partial charge is 0.264 e. The van der Waals surface area contributed by atoms with Crippen molar-refractivity contribution in [3.8, 4) is 0 Å². The van der Waals surface area contributed by atoms with E-state index >= 15 is 0 Å². The first-order chi connectivity index (χ1) is 24.7. The maximum absolute atomic E-state index is 14.5. The molecule has 3 aromatic rings. The van der Waals surface area contributed by atoms with Crippen LogP contribution in [0.15, 0.2) is 78.9 Å². The van der Waals surface area contributed by atoms with Gasteiger partial charge in [-0.1, -0.05) is 55.5 Å². The topological polar surface area (TPSA) is 122 Å². The predicted octanol–water partition coefficient (Wildman–Crippen LogP) is 4.98. The van der Waals surface area contributed by atoms with Crippen molar-refractivity contribution in [1.29, 1.82) is 0 Å². The fraction of sp³-hybridized carbons (Fsp3) is 0.415. The van der Waals surface area contributed by atoms with Gasteiger partial charge in [0.25, 0.3) is 5.91 Å². The maximum atomic E-state index is 14.5. The third-order valence-electron chi connectivity index (χ3n) is 11.0. The van der Waals surface area contributed by atoms with Crippen LogP contribution in [0.1, 0.15) is 74.1 Å². The van der Waals surface area contributed by atoms with Gasteiger partial charge in [0.15, 0.2) is 5.60 Å². The molecular formula is C41H46N4O6. The Hall–Kier alpha value is -4.80. The van der Waals surface area contributed by atoms with E-state index < -0.39 is 17.4 Å². The summed E-state index contributed by atoms with van der Waals surface area (Å²) in [7, 11) is 0. The zero-order valence-electron chi connectivity index (χ0n) is 29.2. The van der Waals surface area contributed by atoms with E-state index in [0.717, 1.165) is 48.1 Å². The van der Waals surface area contributed by atoms with E-state index in [2.05, 4.69) is 0 Å². The zero-order chi connectivity index (χ0) is 35.7. The molecule has 7 rings (SSSR count). The lowest BCUT2D eigenvalue weighted by molar-refractivity contribution is -0.139. The average molecular weight is 691 g/mol. The van der Waals surface area contributed by atoms with Crippen molar-refractivity contribution in [2.24, 2.45) is 5.92 Å². The molecule has 3 atom stereocenters. The molecular weight excluding hydrogens is 644 g/mol. The van der Waals surface area contributed by atoms with Crippen LogP contribution < -0.4 is 14.7 Å². The number of hydrogen-bond acceptors (Lipinski definition) is 6. The van der Waals surface area contributed by atoms with Crippen molar-refractivity contribution in [1.82, 2.24) is 4.90 Å². The summed E-state index contributed by atoms with van der Waals surface area (Å²) in [6, 6.07) is 20.7. The van der Waals surface area contributed by atoms with Crippen molar-refractivity contribution in [2.75, 3.05) is 34.4 Å². The molecule has 2 saturated heterocycles. The van der Waals surface area contributed by atoms with Gasteiger partial charge in [0.1, 0.15) is 0 Å². The van der Waals surface area contributed by atoms with Crippen LogP contribution in [0.5, 0.6) is 0 Å². The SMILES string of the molecule is C[C@H](/C=C/CC(=O)N1Cc2ccccc2C[C@H]1CO)[C@@]1(O)C(=O)N(Cc2cccc(N3CCCCC3=O)c2)c2ccc(N3CCCCC3=O)cc21. The second kappa shape index (κ2) is 14.4. The first-order valence-corrected chi connectivity index (χ1v) is 18.2. The number of fused-ring (bicyclic) bond motifs is 2. The van der Waals surface area contributed by atoms with Gasteiger partial charge in [-0.2, -0.15) is 0 Å². The van der Waals surface area contributed by atoms with Crippen LogP contribution in [0, 0.1) is 5.92 Å². The Balaban J connectivity index is 1.16. The summed E-state index contributed by atoms with van der Waals surface area (Å²) in [4.78, 5) is 60.3. The lowest BCUT2D eigenvalue weighted by Gasteiger charge is -2.36. The van der Waals surface area contributed by atoms with Crippen molar-refractivity contribution >= 4 is 40.7 Å². The molecule has 0 spiro atoms. The van der Waals surface area contributed by atoms with E-state index in [1.807, 2.05) is 60.7 Å². The number of carbonyl (C=O) groups is 4. The molecule has 4 amide bonds. The molecule has 51 heavy (non-hydrogen) atoms. The number of hydrogen-bond donors (Lipinski definition) is 2. The molecule has 10 heteroatoms. The van der Waals surface area contributed by atoms with Crippen LogP contribution in [-0.4, -0.2) is 64.5 Å². The van der Waals surface area contributed by atoms with Crippen LogP contribution in [-0.2, 0) is 44.3 Å². The van der Waals surface area contributed by atoms with Gasteiger partial charge in [0.05, 0.1) is 24.9 Å². The van der Waals surface area contributed by atoms with E-state index in [1.165, 1.54) is 0 Å². The molecule has 2 N–H and O–H groups in total. The third-order valence-corrected chi connectivity index (χ3v) is 11.0. The molecule has 266 valence electrons. The standard InChI is InChI=1S/C41H46N4O6/c1-28(10-8-17-39(49)44-26-31-13-3-2-12-30(31)23-34(44)27-46)41(51)35-24-33(43-21-7-5-16-38(43)48)18-19-36(35)45(40(41)50)25-29-11-9-14-32(22-29)42-20-6-4-15-37(42)47/h2-3,8-14,18-19,22,24,28,34,46,51H,4-7,15-17,20-21,23,25-27H2,1H3/b10-8+/t28-,34+,41+/m1/s1. The molecule has 4 heterocycles. The summed E-state index contributed by atoms with van der Waals surface area (Å²) in [5, 5.41) is 22.6. The summed E-state index contributed by atoms with van der Waals surface area (Å²) in [5.41, 5.74) is 3.47. The number of rotatable bonds is 9. The molecule has 0 bridgehead atoms. The minimum absolute atomic E-state index is 0.0166. The lowest BCUT2D eigenvalue weighted by atomic mass is 9.82. The molecule has 10 nitrogen and oxygen atoms in total. The van der Waals surface area contributed by atoms with E-state index in [9.17, 15) is 29.4 Å². The van der Waals surface area contributed by atoms with Gasteiger partial charge < -0.3 is 29.8 Å². The first kappa shape index (κ1) is 34.6. The number of amides is 4. The number of nitrogens with zero attached hydrogens (tertiary/aromatic N) is 4.